The van der Waals surface area contributed by atoms with E-state index in [4.69, 9.17) is 5.26 Å². The SMILES string of the molecule is C[C@@H]1CC[C@@H]2CC(c3ccc4cc(C#N)ccc4c3)CCC2C1. The summed E-state index contributed by atoms with van der Waals surface area (Å²) in [5, 5.41) is 11.5. The molecule has 2 aliphatic carbocycles. The summed E-state index contributed by atoms with van der Waals surface area (Å²) in [6.07, 6.45) is 8.51. The van der Waals surface area contributed by atoms with Crippen molar-refractivity contribution in [2.45, 2.75) is 51.4 Å². The van der Waals surface area contributed by atoms with Crippen LogP contribution in [0.15, 0.2) is 36.4 Å². The third-order valence-electron chi connectivity index (χ3n) is 6.34. The average molecular weight is 303 g/mol. The van der Waals surface area contributed by atoms with Gasteiger partial charge < -0.3 is 0 Å². The van der Waals surface area contributed by atoms with Crippen molar-refractivity contribution >= 4 is 10.8 Å². The van der Waals surface area contributed by atoms with E-state index < -0.39 is 0 Å². The van der Waals surface area contributed by atoms with Crippen molar-refractivity contribution in [3.8, 4) is 6.07 Å². The molecule has 0 amide bonds. The van der Waals surface area contributed by atoms with Gasteiger partial charge in [0.2, 0.25) is 0 Å². The average Bonchev–Trinajstić information content (AvgIpc) is 2.60. The first-order chi connectivity index (χ1) is 11.2. The largest absolute Gasteiger partial charge is 0.192 e. The van der Waals surface area contributed by atoms with Gasteiger partial charge in [-0.1, -0.05) is 37.6 Å². The van der Waals surface area contributed by atoms with Gasteiger partial charge in [0.1, 0.15) is 0 Å². The van der Waals surface area contributed by atoms with E-state index in [2.05, 4.69) is 37.3 Å². The predicted octanol–water partition coefficient (Wildman–Crippen LogP) is 6.03. The zero-order valence-corrected chi connectivity index (χ0v) is 14.0. The number of nitriles is 1. The predicted molar refractivity (Wildman–Crippen MR) is 95.3 cm³/mol. The van der Waals surface area contributed by atoms with Crippen molar-refractivity contribution < 1.29 is 0 Å². The molecule has 0 saturated heterocycles. The minimum absolute atomic E-state index is 0.740. The highest BCUT2D eigenvalue weighted by Gasteiger charge is 2.34. The van der Waals surface area contributed by atoms with Gasteiger partial charge in [0.25, 0.3) is 0 Å². The first-order valence-corrected chi connectivity index (χ1v) is 9.17. The maximum atomic E-state index is 9.03. The van der Waals surface area contributed by atoms with Crippen molar-refractivity contribution in [2.24, 2.45) is 17.8 Å². The van der Waals surface area contributed by atoms with E-state index in [9.17, 15) is 0 Å². The standard InChI is InChI=1S/C22H25N/c1-15-2-4-19-12-21(8-6-17(19)10-15)22-9-7-18-11-16(14-23)3-5-20(18)13-22/h3,5,7,9,11,13,15,17,19,21H,2,4,6,8,10,12H2,1H3/t15-,17?,19-,21?/m1/s1. The van der Waals surface area contributed by atoms with Crippen LogP contribution in [0, 0.1) is 29.1 Å². The van der Waals surface area contributed by atoms with Gasteiger partial charge in [-0.3, -0.25) is 0 Å². The first kappa shape index (κ1) is 14.8. The van der Waals surface area contributed by atoms with E-state index in [0.717, 1.165) is 29.2 Å². The van der Waals surface area contributed by atoms with Gasteiger partial charge in [-0.25, -0.2) is 0 Å². The molecule has 2 fully saturated rings. The number of hydrogen-bond acceptors (Lipinski definition) is 1. The molecule has 2 aliphatic rings. The van der Waals surface area contributed by atoms with Crippen LogP contribution in [0.1, 0.15) is 62.5 Å². The normalized spacial score (nSPS) is 30.6. The molecule has 0 heterocycles. The molecule has 4 atom stereocenters. The van der Waals surface area contributed by atoms with Gasteiger partial charge in [0.15, 0.2) is 0 Å². The Morgan fingerprint density at radius 2 is 1.61 bits per heavy atom. The molecule has 2 aromatic carbocycles. The number of fused-ring (bicyclic) bond motifs is 2. The third kappa shape index (κ3) is 2.88. The molecule has 23 heavy (non-hydrogen) atoms. The molecule has 0 aliphatic heterocycles. The quantitative estimate of drug-likeness (QED) is 0.631. The van der Waals surface area contributed by atoms with Crippen LogP contribution in [0.2, 0.25) is 0 Å². The third-order valence-corrected chi connectivity index (χ3v) is 6.34. The fourth-order valence-electron chi connectivity index (χ4n) is 5.01. The molecule has 1 heteroatoms. The fraction of sp³-hybridized carbons (Fsp3) is 0.500. The van der Waals surface area contributed by atoms with Gasteiger partial charge >= 0.3 is 0 Å². The molecular formula is C22H25N. The summed E-state index contributed by atoms with van der Waals surface area (Å²) in [5.41, 5.74) is 2.27. The highest BCUT2D eigenvalue weighted by atomic mass is 14.4. The molecule has 0 radical (unpaired) electrons. The molecule has 2 unspecified atom stereocenters. The van der Waals surface area contributed by atoms with Crippen molar-refractivity contribution in [3.05, 3.63) is 47.5 Å². The Morgan fingerprint density at radius 1 is 0.870 bits per heavy atom. The summed E-state index contributed by atoms with van der Waals surface area (Å²) >= 11 is 0. The van der Waals surface area contributed by atoms with E-state index in [1.165, 1.54) is 54.9 Å². The lowest BCUT2D eigenvalue weighted by molar-refractivity contribution is 0.124. The summed E-state index contributed by atoms with van der Waals surface area (Å²) in [6.45, 7) is 2.43. The van der Waals surface area contributed by atoms with E-state index >= 15 is 0 Å². The summed E-state index contributed by atoms with van der Waals surface area (Å²) in [4.78, 5) is 0. The number of rotatable bonds is 1. The zero-order chi connectivity index (χ0) is 15.8. The summed E-state index contributed by atoms with van der Waals surface area (Å²) in [5.74, 6) is 3.64. The van der Waals surface area contributed by atoms with E-state index in [-0.39, 0.29) is 0 Å². The number of nitrogens with zero attached hydrogens (tertiary/aromatic N) is 1. The smallest absolute Gasteiger partial charge is 0.0991 e. The van der Waals surface area contributed by atoms with Gasteiger partial charge in [-0.2, -0.15) is 5.26 Å². The molecule has 4 rings (SSSR count). The van der Waals surface area contributed by atoms with Gasteiger partial charge in [0, 0.05) is 0 Å². The zero-order valence-electron chi connectivity index (χ0n) is 14.0. The Bertz CT molecular complexity index is 754. The minimum Gasteiger partial charge on any atom is -0.192 e. The molecule has 0 spiro atoms. The van der Waals surface area contributed by atoms with Crippen LogP contribution in [0.3, 0.4) is 0 Å². The maximum absolute atomic E-state index is 9.03. The first-order valence-electron chi connectivity index (χ1n) is 9.17. The van der Waals surface area contributed by atoms with E-state index in [1.54, 1.807) is 0 Å². The van der Waals surface area contributed by atoms with Gasteiger partial charge in [-0.15, -0.1) is 0 Å². The Balaban J connectivity index is 1.56. The monoisotopic (exact) mass is 303 g/mol. The molecular weight excluding hydrogens is 278 g/mol. The van der Waals surface area contributed by atoms with Gasteiger partial charge in [0.05, 0.1) is 11.6 Å². The van der Waals surface area contributed by atoms with Gasteiger partial charge in [-0.05, 0) is 84.2 Å². The van der Waals surface area contributed by atoms with Crippen molar-refractivity contribution in [1.29, 1.82) is 5.26 Å². The summed E-state index contributed by atoms with van der Waals surface area (Å²) in [6, 6.07) is 15.2. The highest BCUT2D eigenvalue weighted by Crippen LogP contribution is 2.47. The molecule has 0 N–H and O–H groups in total. The Labute approximate surface area is 139 Å². The second kappa shape index (κ2) is 6.00. The second-order valence-electron chi connectivity index (χ2n) is 7.88. The maximum Gasteiger partial charge on any atom is 0.0991 e. The van der Waals surface area contributed by atoms with Crippen LogP contribution in [0.25, 0.3) is 10.8 Å². The highest BCUT2D eigenvalue weighted by molar-refractivity contribution is 5.84. The number of benzene rings is 2. The molecule has 0 aromatic heterocycles. The lowest BCUT2D eigenvalue weighted by Crippen LogP contribution is -2.29. The van der Waals surface area contributed by atoms with Crippen LogP contribution in [0.4, 0.5) is 0 Å². The fourth-order valence-corrected chi connectivity index (χ4v) is 5.01. The van der Waals surface area contributed by atoms with Crippen molar-refractivity contribution in [3.63, 3.8) is 0 Å². The second-order valence-corrected chi connectivity index (χ2v) is 7.88. The Morgan fingerprint density at radius 3 is 2.48 bits per heavy atom. The molecule has 2 saturated carbocycles. The van der Waals surface area contributed by atoms with Crippen LogP contribution in [0.5, 0.6) is 0 Å². The molecule has 118 valence electrons. The van der Waals surface area contributed by atoms with Crippen LogP contribution < -0.4 is 0 Å². The Kier molecular flexibility index (Phi) is 3.85. The van der Waals surface area contributed by atoms with E-state index in [1.807, 2.05) is 12.1 Å². The summed E-state index contributed by atoms with van der Waals surface area (Å²) < 4.78 is 0. The van der Waals surface area contributed by atoms with Crippen molar-refractivity contribution in [2.75, 3.05) is 0 Å². The molecule has 1 nitrogen and oxygen atoms in total. The van der Waals surface area contributed by atoms with Crippen LogP contribution in [-0.2, 0) is 0 Å². The topological polar surface area (TPSA) is 23.8 Å². The van der Waals surface area contributed by atoms with E-state index in [0.29, 0.717) is 0 Å². The van der Waals surface area contributed by atoms with Crippen LogP contribution >= 0.6 is 0 Å². The van der Waals surface area contributed by atoms with Crippen molar-refractivity contribution in [1.82, 2.24) is 0 Å². The number of hydrogen-bond donors (Lipinski definition) is 0. The molecule has 2 aromatic rings. The minimum atomic E-state index is 0.740. The lowest BCUT2D eigenvalue weighted by Gasteiger charge is -2.41. The lowest BCUT2D eigenvalue weighted by atomic mass is 9.64. The Hall–Kier alpha value is -1.81. The molecule has 0 bridgehead atoms. The van der Waals surface area contributed by atoms with Crippen LogP contribution in [-0.4, -0.2) is 0 Å². The summed E-state index contributed by atoms with van der Waals surface area (Å²) in [7, 11) is 0.